The molecule has 2 aromatic heterocycles. The van der Waals surface area contributed by atoms with E-state index in [1.807, 2.05) is 6.33 Å². The smallest absolute Gasteiger partial charge is 0.343 e. The molecule has 1 saturated heterocycles. The molecule has 3 N–H and O–H groups in total. The third-order valence-electron chi connectivity index (χ3n) is 7.29. The number of aromatic nitrogens is 2. The first-order valence-electron chi connectivity index (χ1n) is 11.8. The highest BCUT2D eigenvalue weighted by Gasteiger charge is 2.31. The van der Waals surface area contributed by atoms with Gasteiger partial charge < -0.3 is 25.0 Å². The topological polar surface area (TPSA) is 93.6 Å². The molecule has 2 aliphatic rings. The number of nitrogens with zero attached hydrogens (tertiary/aromatic N) is 3. The van der Waals surface area contributed by atoms with Gasteiger partial charge in [-0.25, -0.2) is 9.78 Å². The molecular weight excluding hydrogens is 436 g/mol. The first-order chi connectivity index (χ1) is 16.0. The maximum absolute atomic E-state index is 12.6. The normalized spacial score (nSPS) is 23.4. The number of benzene rings is 1. The van der Waals surface area contributed by atoms with Crippen LogP contribution in [-0.2, 0) is 4.74 Å². The van der Waals surface area contributed by atoms with E-state index >= 15 is 0 Å². The van der Waals surface area contributed by atoms with E-state index in [0.717, 1.165) is 45.4 Å². The Bertz CT molecular complexity index is 1170. The fraction of sp³-hybridized carbons (Fsp3) is 0.520. The lowest BCUT2D eigenvalue weighted by molar-refractivity contribution is 0.0603. The largest absolute Gasteiger partial charge is 0.465 e. The molecular formula is C25H32N4O3S. The molecule has 0 unspecified atom stereocenters. The summed E-state index contributed by atoms with van der Waals surface area (Å²) in [5, 5.41) is 10.4. The van der Waals surface area contributed by atoms with E-state index in [9.17, 15) is 9.90 Å². The lowest BCUT2D eigenvalue weighted by atomic mass is 9.87. The summed E-state index contributed by atoms with van der Waals surface area (Å²) in [6, 6.07) is 6.79. The van der Waals surface area contributed by atoms with Crippen LogP contribution in [-0.4, -0.2) is 47.4 Å². The van der Waals surface area contributed by atoms with Crippen LogP contribution in [0.15, 0.2) is 24.5 Å². The van der Waals surface area contributed by atoms with Gasteiger partial charge in [-0.3, -0.25) is 0 Å². The van der Waals surface area contributed by atoms with Gasteiger partial charge >= 0.3 is 5.97 Å². The van der Waals surface area contributed by atoms with E-state index < -0.39 is 5.97 Å². The maximum Gasteiger partial charge on any atom is 0.343 e. The Hall–Kier alpha value is -2.58. The van der Waals surface area contributed by atoms with Crippen molar-refractivity contribution in [2.45, 2.75) is 45.1 Å². The second-order valence-corrected chi connectivity index (χ2v) is 10.6. The third-order valence-corrected chi connectivity index (χ3v) is 8.60. The van der Waals surface area contributed by atoms with Crippen molar-refractivity contribution in [1.29, 1.82) is 0 Å². The molecule has 33 heavy (non-hydrogen) atoms. The minimum Gasteiger partial charge on any atom is -0.465 e. The molecule has 0 spiro atoms. The molecule has 3 aromatic rings. The SMILES string of the molecule is COC(=O)c1c(N2CC[C@H](CO)C2)sc(-c2ccc3c(c2)ncn3[C@H]2CCC[C@H](C)C2)c1N. The van der Waals surface area contributed by atoms with Crippen molar-refractivity contribution in [2.75, 3.05) is 37.4 Å². The van der Waals surface area contributed by atoms with Crippen LogP contribution in [0.4, 0.5) is 10.7 Å². The van der Waals surface area contributed by atoms with Crippen molar-refractivity contribution in [3.05, 3.63) is 30.1 Å². The summed E-state index contributed by atoms with van der Waals surface area (Å²) in [6.45, 7) is 3.99. The molecule has 176 valence electrons. The second-order valence-electron chi connectivity index (χ2n) is 9.58. The summed E-state index contributed by atoms with van der Waals surface area (Å²) in [6.07, 6.45) is 7.84. The predicted molar refractivity (Wildman–Crippen MR) is 133 cm³/mol. The Morgan fingerprint density at radius 3 is 2.91 bits per heavy atom. The van der Waals surface area contributed by atoms with E-state index in [4.69, 9.17) is 15.5 Å². The van der Waals surface area contributed by atoms with Gasteiger partial charge in [0.2, 0.25) is 0 Å². The van der Waals surface area contributed by atoms with Crippen LogP contribution >= 0.6 is 11.3 Å². The van der Waals surface area contributed by atoms with E-state index in [-0.39, 0.29) is 12.5 Å². The van der Waals surface area contributed by atoms with Crippen molar-refractivity contribution in [1.82, 2.24) is 9.55 Å². The first-order valence-corrected chi connectivity index (χ1v) is 12.6. The van der Waals surface area contributed by atoms with Gasteiger partial charge in [-0.15, -0.1) is 11.3 Å². The number of aliphatic hydroxyl groups is 1. The Balaban J connectivity index is 1.52. The van der Waals surface area contributed by atoms with Crippen molar-refractivity contribution < 1.29 is 14.6 Å². The van der Waals surface area contributed by atoms with Gasteiger partial charge in [0.05, 0.1) is 35.0 Å². The van der Waals surface area contributed by atoms with Crippen LogP contribution in [0.3, 0.4) is 0 Å². The number of rotatable bonds is 5. The highest BCUT2D eigenvalue weighted by Crippen LogP contribution is 2.46. The molecule has 0 radical (unpaired) electrons. The standard InChI is InChI=1S/C25H32N4O3S/c1-15-4-3-5-18(10-15)29-14-27-19-11-17(6-7-20(19)29)23-22(26)21(25(31)32-2)24(33-23)28-9-8-16(12-28)13-30/h6-7,11,14-16,18,30H,3-5,8-10,12-13,26H2,1-2H3/t15-,16-,18-/m0/s1. The molecule has 7 nitrogen and oxygen atoms in total. The fourth-order valence-corrected chi connectivity index (χ4v) is 6.69. The quantitative estimate of drug-likeness (QED) is 0.527. The third kappa shape index (κ3) is 3.99. The number of methoxy groups -OCH3 is 1. The summed E-state index contributed by atoms with van der Waals surface area (Å²) in [5.74, 6) is 0.539. The van der Waals surface area contributed by atoms with Gasteiger partial charge in [0, 0.05) is 31.7 Å². The molecule has 8 heteroatoms. The highest BCUT2D eigenvalue weighted by molar-refractivity contribution is 7.20. The molecule has 1 aliphatic carbocycles. The van der Waals surface area contributed by atoms with E-state index in [1.54, 1.807) is 0 Å². The molecule has 1 aromatic carbocycles. The molecule has 1 saturated carbocycles. The number of hydrogen-bond acceptors (Lipinski definition) is 7. The molecule has 3 heterocycles. The number of carbonyl (C=O) groups excluding carboxylic acids is 1. The summed E-state index contributed by atoms with van der Waals surface area (Å²) >= 11 is 1.52. The van der Waals surface area contributed by atoms with Crippen molar-refractivity contribution in [3.8, 4) is 10.4 Å². The number of aliphatic hydroxyl groups excluding tert-OH is 1. The Labute approximate surface area is 198 Å². The number of hydrogen-bond donors (Lipinski definition) is 2. The average Bonchev–Trinajstić information content (AvgIpc) is 3.54. The summed E-state index contributed by atoms with van der Waals surface area (Å²) in [7, 11) is 1.38. The number of nitrogens with two attached hydrogens (primary N) is 1. The van der Waals surface area contributed by atoms with Crippen LogP contribution < -0.4 is 10.6 Å². The Morgan fingerprint density at radius 2 is 2.18 bits per heavy atom. The Morgan fingerprint density at radius 1 is 1.33 bits per heavy atom. The van der Waals surface area contributed by atoms with E-state index in [1.165, 1.54) is 44.1 Å². The molecule has 0 amide bonds. The molecule has 3 atom stereocenters. The summed E-state index contributed by atoms with van der Waals surface area (Å²) < 4.78 is 7.40. The van der Waals surface area contributed by atoms with Crippen LogP contribution in [0.1, 0.15) is 55.4 Å². The maximum atomic E-state index is 12.6. The molecule has 1 aliphatic heterocycles. The average molecular weight is 469 g/mol. The Kier molecular flexibility index (Phi) is 6.05. The molecule has 5 rings (SSSR count). The van der Waals surface area contributed by atoms with Crippen molar-refractivity contribution in [3.63, 3.8) is 0 Å². The van der Waals surface area contributed by atoms with Crippen molar-refractivity contribution in [2.24, 2.45) is 11.8 Å². The van der Waals surface area contributed by atoms with Crippen LogP contribution in [0, 0.1) is 11.8 Å². The first kappa shape index (κ1) is 22.2. The van der Waals surface area contributed by atoms with Crippen LogP contribution in [0.25, 0.3) is 21.5 Å². The lowest BCUT2D eigenvalue weighted by Crippen LogP contribution is -2.22. The van der Waals surface area contributed by atoms with E-state index in [0.29, 0.717) is 23.8 Å². The number of esters is 1. The lowest BCUT2D eigenvalue weighted by Gasteiger charge is -2.28. The van der Waals surface area contributed by atoms with Gasteiger partial charge in [0.25, 0.3) is 0 Å². The fourth-order valence-electron chi connectivity index (χ4n) is 5.45. The highest BCUT2D eigenvalue weighted by atomic mass is 32.1. The zero-order valence-electron chi connectivity index (χ0n) is 19.3. The number of thiophene rings is 1. The number of fused-ring (bicyclic) bond motifs is 1. The summed E-state index contributed by atoms with van der Waals surface area (Å²) in [4.78, 5) is 20.4. The van der Waals surface area contributed by atoms with Crippen LogP contribution in [0.2, 0.25) is 0 Å². The molecule has 0 bridgehead atoms. The van der Waals surface area contributed by atoms with Gasteiger partial charge in [0.1, 0.15) is 10.6 Å². The monoisotopic (exact) mass is 468 g/mol. The van der Waals surface area contributed by atoms with Crippen LogP contribution in [0.5, 0.6) is 0 Å². The summed E-state index contributed by atoms with van der Waals surface area (Å²) in [5.41, 5.74) is 10.5. The van der Waals surface area contributed by atoms with Gasteiger partial charge in [-0.1, -0.05) is 25.8 Å². The number of anilines is 2. The zero-order valence-corrected chi connectivity index (χ0v) is 20.1. The van der Waals surface area contributed by atoms with E-state index in [2.05, 4.69) is 34.6 Å². The number of nitrogen functional groups attached to an aromatic ring is 1. The minimum absolute atomic E-state index is 0.150. The second kappa shape index (κ2) is 8.99. The van der Waals surface area contributed by atoms with Gasteiger partial charge in [-0.2, -0.15) is 0 Å². The number of carbonyl (C=O) groups is 1. The zero-order chi connectivity index (χ0) is 23.1. The minimum atomic E-state index is -0.422. The predicted octanol–water partition coefficient (Wildman–Crippen LogP) is 4.70. The number of ether oxygens (including phenoxy) is 1. The number of imidazole rings is 1. The van der Waals surface area contributed by atoms with Gasteiger partial charge in [-0.05, 0) is 42.9 Å². The molecule has 2 fully saturated rings. The van der Waals surface area contributed by atoms with Crippen molar-refractivity contribution >= 4 is 39.0 Å². The van der Waals surface area contributed by atoms with Gasteiger partial charge in [0.15, 0.2) is 0 Å².